The first-order valence-electron chi connectivity index (χ1n) is 8.17. The molecule has 0 aromatic heterocycles. The first-order chi connectivity index (χ1) is 11.7. The summed E-state index contributed by atoms with van der Waals surface area (Å²) in [7, 11) is 0. The van der Waals surface area contributed by atoms with Crippen molar-refractivity contribution in [3.05, 3.63) is 77.2 Å². The second-order valence-electron chi connectivity index (χ2n) is 5.87. The van der Waals surface area contributed by atoms with Crippen molar-refractivity contribution in [1.82, 2.24) is 5.32 Å². The van der Waals surface area contributed by atoms with E-state index in [2.05, 4.69) is 24.4 Å². The lowest BCUT2D eigenvalue weighted by Gasteiger charge is -2.29. The fraction of sp³-hybridized carbons (Fsp3) is 0.300. The highest BCUT2D eigenvalue weighted by Gasteiger charge is 2.39. The molecule has 0 spiro atoms. The molecule has 1 aliphatic rings. The lowest BCUT2D eigenvalue weighted by Crippen LogP contribution is -2.39. The summed E-state index contributed by atoms with van der Waals surface area (Å²) < 4.78 is 12.1. The monoisotopic (exact) mass is 343 g/mol. The molecule has 0 amide bonds. The third kappa shape index (κ3) is 3.36. The maximum atomic E-state index is 6.19. The Morgan fingerprint density at radius 1 is 1.08 bits per heavy atom. The molecule has 24 heavy (non-hydrogen) atoms. The van der Waals surface area contributed by atoms with Gasteiger partial charge in [0.05, 0.1) is 5.70 Å². The Balaban J connectivity index is 1.69. The van der Waals surface area contributed by atoms with E-state index < -0.39 is 5.72 Å². The van der Waals surface area contributed by atoms with Crippen LogP contribution in [0, 0.1) is 0 Å². The van der Waals surface area contributed by atoms with Crippen molar-refractivity contribution in [2.45, 2.75) is 31.9 Å². The first-order valence-corrected chi connectivity index (χ1v) is 8.70. The molecule has 0 fully saturated rings. The molecule has 126 valence electrons. The minimum atomic E-state index is -0.507. The van der Waals surface area contributed by atoms with Crippen LogP contribution in [0.1, 0.15) is 31.4 Å². The number of allylic oxidation sites excluding steroid dienone is 1. The summed E-state index contributed by atoms with van der Waals surface area (Å²) in [5.41, 5.74) is 2.67. The molecule has 0 bridgehead atoms. The normalized spacial score (nSPS) is 19.8. The zero-order chi connectivity index (χ0) is 17.0. The lowest BCUT2D eigenvalue weighted by molar-refractivity contribution is -0.000345. The van der Waals surface area contributed by atoms with Crippen molar-refractivity contribution in [2.24, 2.45) is 0 Å². The fourth-order valence-electron chi connectivity index (χ4n) is 2.85. The van der Waals surface area contributed by atoms with E-state index in [0.29, 0.717) is 12.5 Å². The maximum absolute atomic E-state index is 6.19. The van der Waals surface area contributed by atoms with Gasteiger partial charge in [0, 0.05) is 17.9 Å². The Morgan fingerprint density at radius 3 is 2.42 bits per heavy atom. The molecule has 2 aromatic rings. The number of rotatable bonds is 6. The number of alkyl halides is 1. The SMILES string of the molecule is CCC1(c2ccccc2)NC(COc2ccc(CCl)cc2)=C(C)O1. The molecule has 0 saturated carbocycles. The zero-order valence-corrected chi connectivity index (χ0v) is 14.8. The van der Waals surface area contributed by atoms with Crippen LogP contribution < -0.4 is 10.1 Å². The molecular weight excluding hydrogens is 322 g/mol. The number of halogens is 1. The van der Waals surface area contributed by atoms with Crippen molar-refractivity contribution in [3.63, 3.8) is 0 Å². The van der Waals surface area contributed by atoms with Gasteiger partial charge in [-0.05, 0) is 24.6 Å². The van der Waals surface area contributed by atoms with Crippen molar-refractivity contribution in [1.29, 1.82) is 0 Å². The fourth-order valence-corrected chi connectivity index (χ4v) is 3.03. The van der Waals surface area contributed by atoms with Crippen LogP contribution >= 0.6 is 11.6 Å². The summed E-state index contributed by atoms with van der Waals surface area (Å²) >= 11 is 5.81. The van der Waals surface area contributed by atoms with Gasteiger partial charge in [0.1, 0.15) is 18.1 Å². The van der Waals surface area contributed by atoms with Crippen LogP contribution in [0.4, 0.5) is 0 Å². The molecule has 0 radical (unpaired) electrons. The topological polar surface area (TPSA) is 30.5 Å². The highest BCUT2D eigenvalue weighted by molar-refractivity contribution is 6.17. The Hall–Kier alpha value is -2.13. The van der Waals surface area contributed by atoms with E-state index in [1.807, 2.05) is 49.4 Å². The molecule has 1 aliphatic heterocycles. The van der Waals surface area contributed by atoms with Crippen molar-refractivity contribution in [3.8, 4) is 5.75 Å². The Bertz CT molecular complexity index is 712. The van der Waals surface area contributed by atoms with E-state index in [1.54, 1.807) is 0 Å². The van der Waals surface area contributed by atoms with E-state index in [9.17, 15) is 0 Å². The highest BCUT2D eigenvalue weighted by atomic mass is 35.5. The quantitative estimate of drug-likeness (QED) is 0.755. The summed E-state index contributed by atoms with van der Waals surface area (Å²) in [4.78, 5) is 0. The summed E-state index contributed by atoms with van der Waals surface area (Å²) in [6.07, 6.45) is 0.822. The third-order valence-electron chi connectivity index (χ3n) is 4.30. The Morgan fingerprint density at radius 2 is 1.79 bits per heavy atom. The molecule has 1 unspecified atom stereocenters. The lowest BCUT2D eigenvalue weighted by atomic mass is 10.0. The molecule has 3 rings (SSSR count). The van der Waals surface area contributed by atoms with Crippen LogP contribution in [0.25, 0.3) is 0 Å². The number of nitrogens with one attached hydrogen (secondary N) is 1. The van der Waals surface area contributed by atoms with Gasteiger partial charge in [0.25, 0.3) is 0 Å². The molecule has 1 heterocycles. The second kappa shape index (κ2) is 7.18. The molecular formula is C20H22ClNO2. The van der Waals surface area contributed by atoms with E-state index >= 15 is 0 Å². The molecule has 0 aliphatic carbocycles. The van der Waals surface area contributed by atoms with Crippen molar-refractivity contribution < 1.29 is 9.47 Å². The molecule has 3 nitrogen and oxygen atoms in total. The van der Waals surface area contributed by atoms with Crippen LogP contribution in [-0.4, -0.2) is 6.61 Å². The van der Waals surface area contributed by atoms with Crippen LogP contribution in [0.3, 0.4) is 0 Å². The van der Waals surface area contributed by atoms with Gasteiger partial charge in [-0.3, -0.25) is 0 Å². The average Bonchev–Trinajstić information content (AvgIpc) is 2.98. The molecule has 1 N–H and O–H groups in total. The van der Waals surface area contributed by atoms with Gasteiger partial charge in [0.2, 0.25) is 5.72 Å². The average molecular weight is 344 g/mol. The molecule has 0 saturated heterocycles. The molecule has 2 aromatic carbocycles. The third-order valence-corrected chi connectivity index (χ3v) is 4.61. The summed E-state index contributed by atoms with van der Waals surface area (Å²) in [5.74, 6) is 2.20. The van der Waals surface area contributed by atoms with E-state index in [0.717, 1.165) is 34.8 Å². The van der Waals surface area contributed by atoms with E-state index in [1.165, 1.54) is 0 Å². The standard InChI is InChI=1S/C20H22ClNO2/c1-3-20(17-7-5-4-6-8-17)22-19(15(2)24-20)14-23-18-11-9-16(13-21)10-12-18/h4-12,22H,3,13-14H2,1-2H3. The number of hydrogen-bond donors (Lipinski definition) is 1. The minimum absolute atomic E-state index is 0.445. The van der Waals surface area contributed by atoms with Crippen LogP contribution in [0.15, 0.2) is 66.1 Å². The van der Waals surface area contributed by atoms with Gasteiger partial charge in [-0.15, -0.1) is 11.6 Å². The van der Waals surface area contributed by atoms with Crippen LogP contribution in [-0.2, 0) is 16.3 Å². The van der Waals surface area contributed by atoms with Gasteiger partial charge in [-0.25, -0.2) is 0 Å². The first kappa shape index (κ1) is 16.7. The minimum Gasteiger partial charge on any atom is -0.487 e. The van der Waals surface area contributed by atoms with Crippen LogP contribution in [0.2, 0.25) is 0 Å². The smallest absolute Gasteiger partial charge is 0.206 e. The largest absolute Gasteiger partial charge is 0.487 e. The predicted molar refractivity (Wildman–Crippen MR) is 96.8 cm³/mol. The number of benzene rings is 2. The number of hydrogen-bond acceptors (Lipinski definition) is 3. The van der Waals surface area contributed by atoms with E-state index in [4.69, 9.17) is 21.1 Å². The van der Waals surface area contributed by atoms with Gasteiger partial charge in [0.15, 0.2) is 0 Å². The molecule has 1 atom stereocenters. The van der Waals surface area contributed by atoms with Gasteiger partial charge in [-0.2, -0.15) is 0 Å². The summed E-state index contributed by atoms with van der Waals surface area (Å²) in [6, 6.07) is 18.1. The number of ether oxygens (including phenoxy) is 2. The summed E-state index contributed by atoms with van der Waals surface area (Å²) in [6.45, 7) is 4.53. The van der Waals surface area contributed by atoms with Crippen LogP contribution in [0.5, 0.6) is 5.75 Å². The van der Waals surface area contributed by atoms with E-state index in [-0.39, 0.29) is 0 Å². The summed E-state index contributed by atoms with van der Waals surface area (Å²) in [5, 5.41) is 3.52. The van der Waals surface area contributed by atoms with Crippen molar-refractivity contribution >= 4 is 11.6 Å². The van der Waals surface area contributed by atoms with Gasteiger partial charge >= 0.3 is 0 Å². The Kier molecular flexibility index (Phi) is 5.00. The van der Waals surface area contributed by atoms with Gasteiger partial charge < -0.3 is 14.8 Å². The van der Waals surface area contributed by atoms with Crippen molar-refractivity contribution in [2.75, 3.05) is 6.61 Å². The maximum Gasteiger partial charge on any atom is 0.206 e. The second-order valence-corrected chi connectivity index (χ2v) is 6.14. The zero-order valence-electron chi connectivity index (χ0n) is 14.0. The predicted octanol–water partition coefficient (Wildman–Crippen LogP) is 4.92. The highest BCUT2D eigenvalue weighted by Crippen LogP contribution is 2.36. The van der Waals surface area contributed by atoms with Gasteiger partial charge in [-0.1, -0.05) is 49.4 Å². The molecule has 4 heteroatoms. The Labute approximate surface area is 148 Å².